The number of hydrogen-bond acceptors (Lipinski definition) is 2. The average Bonchev–Trinajstić information content (AvgIpc) is 2.93. The monoisotopic (exact) mass is 283 g/mol. The lowest BCUT2D eigenvalue weighted by atomic mass is 10.0. The van der Waals surface area contributed by atoms with E-state index in [0.717, 1.165) is 21.9 Å². The number of nitrogens with zero attached hydrogens (tertiary/aromatic N) is 1. The molecular weight excluding hydrogens is 270 g/mol. The molecule has 0 amide bonds. The van der Waals surface area contributed by atoms with Gasteiger partial charge in [0, 0.05) is 10.8 Å². The molecule has 1 spiro atoms. The van der Waals surface area contributed by atoms with Gasteiger partial charge in [-0.15, -0.1) is 0 Å². The maximum Gasteiger partial charge on any atom is 0.240 e. The van der Waals surface area contributed by atoms with Crippen molar-refractivity contribution in [1.82, 2.24) is 0 Å². The molecule has 2 heteroatoms. The van der Waals surface area contributed by atoms with Gasteiger partial charge in [-0.1, -0.05) is 48.5 Å². The van der Waals surface area contributed by atoms with E-state index in [1.165, 1.54) is 10.8 Å². The van der Waals surface area contributed by atoms with Gasteiger partial charge in [-0.05, 0) is 41.1 Å². The van der Waals surface area contributed by atoms with E-state index < -0.39 is 5.72 Å². The van der Waals surface area contributed by atoms with Crippen LogP contribution in [0.2, 0.25) is 0 Å². The van der Waals surface area contributed by atoms with Crippen LogP contribution in [0.4, 0.5) is 0 Å². The fourth-order valence-electron chi connectivity index (χ4n) is 3.23. The molecule has 0 radical (unpaired) electrons. The summed E-state index contributed by atoms with van der Waals surface area (Å²) >= 11 is 0. The minimum atomic E-state index is -0.708. The summed E-state index contributed by atoms with van der Waals surface area (Å²) in [4.78, 5) is 4.83. The molecule has 5 rings (SSSR count). The van der Waals surface area contributed by atoms with E-state index in [4.69, 9.17) is 9.73 Å². The Morgan fingerprint density at radius 3 is 2.73 bits per heavy atom. The first-order valence-electron chi connectivity index (χ1n) is 7.41. The van der Waals surface area contributed by atoms with E-state index in [1.807, 2.05) is 24.3 Å². The molecule has 2 nitrogen and oxygen atoms in total. The molecule has 1 atom stereocenters. The normalized spacial score (nSPS) is 20.9. The highest BCUT2D eigenvalue weighted by Crippen LogP contribution is 2.33. The van der Waals surface area contributed by atoms with Gasteiger partial charge in [0.05, 0.1) is 5.36 Å². The Hall–Kier alpha value is -2.87. The predicted molar refractivity (Wildman–Crippen MR) is 88.0 cm³/mol. The fourth-order valence-corrected chi connectivity index (χ4v) is 3.23. The van der Waals surface area contributed by atoms with Gasteiger partial charge < -0.3 is 4.74 Å². The number of ether oxygens (including phenoxy) is 1. The zero-order valence-electron chi connectivity index (χ0n) is 11.9. The Morgan fingerprint density at radius 2 is 1.73 bits per heavy atom. The van der Waals surface area contributed by atoms with Crippen LogP contribution in [0.15, 0.2) is 71.7 Å². The number of rotatable bonds is 0. The zero-order valence-corrected chi connectivity index (χ0v) is 11.9. The maximum atomic E-state index is 6.20. The van der Waals surface area contributed by atoms with Crippen molar-refractivity contribution >= 4 is 22.9 Å². The molecule has 104 valence electrons. The third-order valence-electron chi connectivity index (χ3n) is 4.29. The largest absolute Gasteiger partial charge is 0.458 e. The molecule has 3 aromatic rings. The van der Waals surface area contributed by atoms with Crippen molar-refractivity contribution in [3.8, 4) is 5.75 Å². The maximum absolute atomic E-state index is 6.20. The summed E-state index contributed by atoms with van der Waals surface area (Å²) in [6.45, 7) is 0. The first kappa shape index (κ1) is 11.8. The summed E-state index contributed by atoms with van der Waals surface area (Å²) in [5.74, 6) is 0.877. The van der Waals surface area contributed by atoms with Crippen LogP contribution in [0.5, 0.6) is 5.75 Å². The molecule has 22 heavy (non-hydrogen) atoms. The van der Waals surface area contributed by atoms with E-state index in [9.17, 15) is 0 Å². The summed E-state index contributed by atoms with van der Waals surface area (Å²) < 4.78 is 6.20. The quantitative estimate of drug-likeness (QED) is 0.621. The molecule has 0 N–H and O–H groups in total. The minimum Gasteiger partial charge on any atom is -0.458 e. The molecule has 2 aliphatic rings. The van der Waals surface area contributed by atoms with Crippen LogP contribution in [0, 0.1) is 0 Å². The summed E-state index contributed by atoms with van der Waals surface area (Å²) in [5, 5.41) is 4.59. The smallest absolute Gasteiger partial charge is 0.240 e. The highest BCUT2D eigenvalue weighted by atomic mass is 16.5. The van der Waals surface area contributed by atoms with Gasteiger partial charge in [0.15, 0.2) is 0 Å². The predicted octanol–water partition coefficient (Wildman–Crippen LogP) is 3.06. The van der Waals surface area contributed by atoms with Gasteiger partial charge >= 0.3 is 0 Å². The van der Waals surface area contributed by atoms with Crippen LogP contribution >= 0.6 is 0 Å². The van der Waals surface area contributed by atoms with Gasteiger partial charge in [0.25, 0.3) is 0 Å². The lowest BCUT2D eigenvalue weighted by Crippen LogP contribution is -2.29. The van der Waals surface area contributed by atoms with Crippen molar-refractivity contribution in [2.45, 2.75) is 5.72 Å². The zero-order chi connectivity index (χ0) is 14.6. The number of para-hydroxylation sites is 1. The molecule has 3 aromatic carbocycles. The molecule has 0 aromatic heterocycles. The molecule has 2 aliphatic heterocycles. The lowest BCUT2D eigenvalue weighted by Gasteiger charge is -2.26. The average molecular weight is 283 g/mol. The van der Waals surface area contributed by atoms with Gasteiger partial charge in [-0.25, -0.2) is 4.99 Å². The third kappa shape index (κ3) is 1.58. The fraction of sp³-hybridized carbons (Fsp3) is 0.0500. The molecule has 1 unspecified atom stereocenters. The standard InChI is InChI=1S/C20H13NO/c1-3-7-16-14(5-1)9-10-18-17(16)13-20(21-18)12-11-15-6-2-4-8-19(15)22-20/h1-13H. The Morgan fingerprint density at radius 1 is 0.864 bits per heavy atom. The summed E-state index contributed by atoms with van der Waals surface area (Å²) in [6, 6.07) is 20.6. The SMILES string of the molecule is C1=CC2(C=c3c(ccc4ccccc34)=N2)Oc2ccccc21. The van der Waals surface area contributed by atoms with E-state index in [2.05, 4.69) is 54.6 Å². The molecule has 2 heterocycles. The number of fused-ring (bicyclic) bond motifs is 4. The highest BCUT2D eigenvalue weighted by Gasteiger charge is 2.32. The molecule has 0 aliphatic carbocycles. The summed E-state index contributed by atoms with van der Waals surface area (Å²) in [5.41, 5.74) is 0.387. The van der Waals surface area contributed by atoms with Crippen LogP contribution in [0.25, 0.3) is 22.9 Å². The van der Waals surface area contributed by atoms with Gasteiger partial charge in [-0.3, -0.25) is 0 Å². The minimum absolute atomic E-state index is 0.708. The van der Waals surface area contributed by atoms with Gasteiger partial charge in [0.1, 0.15) is 5.75 Å². The third-order valence-corrected chi connectivity index (χ3v) is 4.29. The van der Waals surface area contributed by atoms with Crippen LogP contribution in [0.3, 0.4) is 0 Å². The Kier molecular flexibility index (Phi) is 2.18. The van der Waals surface area contributed by atoms with Crippen LogP contribution in [-0.2, 0) is 0 Å². The second-order valence-corrected chi connectivity index (χ2v) is 5.70. The number of hydrogen-bond donors (Lipinski definition) is 0. The molecule has 0 bridgehead atoms. The highest BCUT2D eigenvalue weighted by molar-refractivity contribution is 5.84. The van der Waals surface area contributed by atoms with Crippen molar-refractivity contribution < 1.29 is 4.74 Å². The number of benzene rings is 3. The Balaban J connectivity index is 1.76. The first-order valence-corrected chi connectivity index (χ1v) is 7.41. The topological polar surface area (TPSA) is 21.6 Å². The molecule has 0 fully saturated rings. The lowest BCUT2D eigenvalue weighted by molar-refractivity contribution is 0.194. The van der Waals surface area contributed by atoms with E-state index in [1.54, 1.807) is 0 Å². The van der Waals surface area contributed by atoms with E-state index in [-0.39, 0.29) is 0 Å². The van der Waals surface area contributed by atoms with Crippen LogP contribution < -0.4 is 15.3 Å². The first-order chi connectivity index (χ1) is 10.8. The Labute approximate surface area is 127 Å². The second kappa shape index (κ2) is 4.08. The Bertz CT molecular complexity index is 1060. The van der Waals surface area contributed by atoms with Crippen LogP contribution in [-0.4, -0.2) is 5.72 Å². The molecule has 0 saturated carbocycles. The van der Waals surface area contributed by atoms with Crippen LogP contribution in [0.1, 0.15) is 5.56 Å². The van der Waals surface area contributed by atoms with Crippen molar-refractivity contribution in [2.75, 3.05) is 0 Å². The molecule has 0 saturated heterocycles. The van der Waals surface area contributed by atoms with Crippen molar-refractivity contribution in [1.29, 1.82) is 0 Å². The summed E-state index contributed by atoms with van der Waals surface area (Å²) in [6.07, 6.45) is 6.24. The van der Waals surface area contributed by atoms with E-state index >= 15 is 0 Å². The van der Waals surface area contributed by atoms with E-state index in [0.29, 0.717) is 0 Å². The molecular formula is C20H13NO. The van der Waals surface area contributed by atoms with Crippen molar-refractivity contribution in [2.24, 2.45) is 4.99 Å². The van der Waals surface area contributed by atoms with Crippen molar-refractivity contribution in [3.63, 3.8) is 0 Å². The van der Waals surface area contributed by atoms with Gasteiger partial charge in [-0.2, -0.15) is 0 Å². The van der Waals surface area contributed by atoms with Gasteiger partial charge in [0.2, 0.25) is 5.72 Å². The second-order valence-electron chi connectivity index (χ2n) is 5.70. The summed E-state index contributed by atoms with van der Waals surface area (Å²) in [7, 11) is 0. The van der Waals surface area contributed by atoms with Crippen molar-refractivity contribution in [3.05, 3.63) is 82.9 Å².